The van der Waals surface area contributed by atoms with Crippen molar-refractivity contribution in [3.63, 3.8) is 0 Å². The number of aromatic carboxylic acids is 2. The third-order valence-electron chi connectivity index (χ3n) is 8.41. The quantitative estimate of drug-likeness (QED) is 0.114. The number of nitriles is 2. The second-order valence-electron chi connectivity index (χ2n) is 10.8. The van der Waals surface area contributed by atoms with E-state index < -0.39 is 23.8 Å². The first-order chi connectivity index (χ1) is 21.1. The van der Waals surface area contributed by atoms with Gasteiger partial charge in [-0.05, 0) is 58.1 Å². The summed E-state index contributed by atoms with van der Waals surface area (Å²) in [5, 5.41) is 45.2. The van der Waals surface area contributed by atoms with Gasteiger partial charge in [0.1, 0.15) is 6.07 Å². The number of hydrogen-bond acceptors (Lipinski definition) is 6. The van der Waals surface area contributed by atoms with Crippen LogP contribution in [-0.2, 0) is 0 Å². The molecule has 5 aromatic rings. The van der Waals surface area contributed by atoms with Gasteiger partial charge in [0.15, 0.2) is 0 Å². The number of nitrogens with two attached hydrogens (primary N) is 1. The Bertz CT molecular complexity index is 2130. The number of rotatable bonds is 10. The minimum absolute atomic E-state index is 0.0328. The van der Waals surface area contributed by atoms with Gasteiger partial charge < -0.3 is 21.3 Å². The first kappa shape index (κ1) is 29.7. The van der Waals surface area contributed by atoms with Gasteiger partial charge in [-0.1, -0.05) is 45.2 Å². The maximum Gasteiger partial charge on any atom is 0.336 e. The summed E-state index contributed by atoms with van der Waals surface area (Å²) in [5.41, 5.74) is 5.00. The predicted molar refractivity (Wildman–Crippen MR) is 165 cm³/mol. The molecule has 10 heteroatoms. The molecule has 0 aliphatic heterocycles. The number of carboxylic acid groups (broad SMARTS) is 2. The van der Waals surface area contributed by atoms with E-state index in [1.54, 1.807) is 6.07 Å². The van der Waals surface area contributed by atoms with Gasteiger partial charge in [0.05, 0.1) is 33.9 Å². The zero-order valence-electron chi connectivity index (χ0n) is 24.1. The van der Waals surface area contributed by atoms with Gasteiger partial charge in [-0.2, -0.15) is 10.5 Å². The number of nitrogens with one attached hydrogen (secondary N) is 1. The van der Waals surface area contributed by atoms with Crippen molar-refractivity contribution in [1.29, 1.82) is 10.5 Å². The van der Waals surface area contributed by atoms with Crippen molar-refractivity contribution in [3.8, 4) is 12.1 Å². The van der Waals surface area contributed by atoms with Crippen molar-refractivity contribution in [3.05, 3.63) is 69.8 Å². The summed E-state index contributed by atoms with van der Waals surface area (Å²) < 4.78 is 0. The minimum Gasteiger partial charge on any atom is -0.478 e. The summed E-state index contributed by atoms with van der Waals surface area (Å²) in [4.78, 5) is 51.2. The lowest BCUT2D eigenvalue weighted by atomic mass is 9.81. The molecule has 220 valence electrons. The molecular formula is C34H28N4O6. The predicted octanol–water partition coefficient (Wildman–Crippen LogP) is 5.92. The van der Waals surface area contributed by atoms with E-state index in [4.69, 9.17) is 5.73 Å². The summed E-state index contributed by atoms with van der Waals surface area (Å²) in [7, 11) is 0. The van der Waals surface area contributed by atoms with Crippen LogP contribution in [0, 0.1) is 28.6 Å². The Morgan fingerprint density at radius 3 is 2.05 bits per heavy atom. The topological polar surface area (TPSA) is 194 Å². The molecule has 0 heterocycles. The molecular weight excluding hydrogens is 560 g/mol. The highest BCUT2D eigenvalue weighted by atomic mass is 16.4. The molecule has 1 unspecified atom stereocenters. The molecule has 0 saturated carbocycles. The molecule has 5 rings (SSSR count). The third kappa shape index (κ3) is 4.58. The monoisotopic (exact) mass is 588 g/mol. The number of amides is 2. The first-order valence-electron chi connectivity index (χ1n) is 14.2. The van der Waals surface area contributed by atoms with Gasteiger partial charge in [-0.15, -0.1) is 0 Å². The van der Waals surface area contributed by atoms with Gasteiger partial charge in [0.2, 0.25) is 0 Å². The lowest BCUT2D eigenvalue weighted by Gasteiger charge is -2.21. The Morgan fingerprint density at radius 2 is 1.45 bits per heavy atom. The Hall–Kier alpha value is -5.74. The van der Waals surface area contributed by atoms with Crippen LogP contribution in [0.3, 0.4) is 0 Å². The van der Waals surface area contributed by atoms with Crippen LogP contribution in [0.25, 0.3) is 43.1 Å². The molecule has 44 heavy (non-hydrogen) atoms. The molecule has 0 fully saturated rings. The van der Waals surface area contributed by atoms with E-state index in [0.717, 1.165) is 31.7 Å². The maximum absolute atomic E-state index is 13.7. The average Bonchev–Trinajstić information content (AvgIpc) is 3.01. The molecule has 0 bridgehead atoms. The van der Waals surface area contributed by atoms with Crippen molar-refractivity contribution >= 4 is 66.8 Å². The number of carbonyl (C=O) groups excluding carboxylic acids is 2. The summed E-state index contributed by atoms with van der Waals surface area (Å²) in [6.07, 6.45) is 3.85. The number of hydrogen-bond donors (Lipinski definition) is 4. The van der Waals surface area contributed by atoms with Crippen molar-refractivity contribution in [2.24, 2.45) is 11.7 Å². The smallest absolute Gasteiger partial charge is 0.336 e. The molecule has 1 atom stereocenters. The largest absolute Gasteiger partial charge is 0.478 e. The summed E-state index contributed by atoms with van der Waals surface area (Å²) in [6, 6.07) is 12.4. The van der Waals surface area contributed by atoms with E-state index in [1.165, 1.54) is 24.3 Å². The van der Waals surface area contributed by atoms with Gasteiger partial charge in [-0.3, -0.25) is 9.59 Å². The molecule has 10 nitrogen and oxygen atoms in total. The summed E-state index contributed by atoms with van der Waals surface area (Å²) >= 11 is 0. The van der Waals surface area contributed by atoms with Crippen molar-refractivity contribution in [2.75, 3.05) is 6.54 Å². The Balaban J connectivity index is 1.97. The number of fused-ring (bicyclic) bond motifs is 2. The molecule has 5 aromatic carbocycles. The number of carbonyl (C=O) groups is 4. The van der Waals surface area contributed by atoms with Gasteiger partial charge in [0, 0.05) is 33.7 Å². The highest BCUT2D eigenvalue weighted by Crippen LogP contribution is 2.46. The molecule has 0 radical (unpaired) electrons. The fourth-order valence-corrected chi connectivity index (χ4v) is 6.30. The molecule has 5 N–H and O–H groups in total. The van der Waals surface area contributed by atoms with Crippen LogP contribution in [0.4, 0.5) is 0 Å². The number of unbranched alkanes of at least 4 members (excludes halogenated alkanes) is 1. The SMILES string of the molecule is CCCCC(CC)CNC(=O)c1ccc2c3c(C#N)cc(C(=O)O)c4c(C(=O)O)ccc(c5cc(C#N)c(C(N)=O)c1c52)c43. The van der Waals surface area contributed by atoms with Crippen LogP contribution >= 0.6 is 0 Å². The molecule has 0 aromatic heterocycles. The van der Waals surface area contributed by atoms with Gasteiger partial charge >= 0.3 is 11.9 Å². The van der Waals surface area contributed by atoms with E-state index in [1.807, 2.05) is 12.1 Å². The number of carboxylic acids is 2. The van der Waals surface area contributed by atoms with Crippen LogP contribution in [0.15, 0.2) is 36.4 Å². The van der Waals surface area contributed by atoms with Crippen LogP contribution in [0.1, 0.15) is 92.1 Å². The third-order valence-corrected chi connectivity index (χ3v) is 8.41. The molecule has 0 spiro atoms. The molecule has 0 aliphatic carbocycles. The Kier molecular flexibility index (Phi) is 7.78. The van der Waals surface area contributed by atoms with E-state index in [9.17, 15) is 39.9 Å². The normalized spacial score (nSPS) is 11.9. The minimum atomic E-state index is -1.42. The Morgan fingerprint density at radius 1 is 0.795 bits per heavy atom. The molecule has 0 saturated heterocycles. The molecule has 0 aliphatic rings. The standard InChI is InChI=1S/C34H28N4O6/c1-3-5-6-16(4-2)15-38-32(40)21-9-8-20-25-17(13-35)12-24(34(43)44)28-22(33(41)42)10-7-19(29(25)28)23-11-18(14-36)26(31(37)39)30(21)27(20)23/h7-12,16H,3-6,15H2,1-2H3,(H2,37,39)(H,38,40)(H,41,42)(H,43,44). The van der Waals surface area contributed by atoms with Gasteiger partial charge in [0.25, 0.3) is 11.8 Å². The fraction of sp³-hybridized carbons (Fsp3) is 0.235. The average molecular weight is 589 g/mol. The van der Waals surface area contributed by atoms with Crippen LogP contribution in [0.5, 0.6) is 0 Å². The van der Waals surface area contributed by atoms with E-state index in [0.29, 0.717) is 28.1 Å². The first-order valence-corrected chi connectivity index (χ1v) is 14.2. The van der Waals surface area contributed by atoms with Crippen LogP contribution in [0.2, 0.25) is 0 Å². The summed E-state index contributed by atoms with van der Waals surface area (Å²) in [5.74, 6) is -3.91. The fourth-order valence-electron chi connectivity index (χ4n) is 6.30. The lowest BCUT2D eigenvalue weighted by Crippen LogP contribution is -2.29. The van der Waals surface area contributed by atoms with Crippen LogP contribution in [-0.4, -0.2) is 40.5 Å². The highest BCUT2D eigenvalue weighted by Gasteiger charge is 2.28. The number of benzene rings is 5. The van der Waals surface area contributed by atoms with Crippen LogP contribution < -0.4 is 11.1 Å². The van der Waals surface area contributed by atoms with E-state index in [2.05, 4.69) is 19.2 Å². The molecule has 2 amide bonds. The number of primary amides is 1. The van der Waals surface area contributed by atoms with Crippen molar-refractivity contribution in [2.45, 2.75) is 39.5 Å². The zero-order valence-corrected chi connectivity index (χ0v) is 24.1. The second kappa shape index (κ2) is 11.5. The van der Waals surface area contributed by atoms with Gasteiger partial charge in [-0.25, -0.2) is 9.59 Å². The lowest BCUT2D eigenvalue weighted by molar-refractivity contribution is 0.0695. The van der Waals surface area contributed by atoms with E-state index in [-0.39, 0.29) is 60.8 Å². The van der Waals surface area contributed by atoms with Crippen molar-refractivity contribution in [1.82, 2.24) is 5.32 Å². The highest BCUT2D eigenvalue weighted by molar-refractivity contribution is 6.39. The summed E-state index contributed by atoms with van der Waals surface area (Å²) in [6.45, 7) is 4.56. The Labute approximate surface area is 251 Å². The maximum atomic E-state index is 13.7. The number of nitrogens with zero attached hydrogens (tertiary/aromatic N) is 2. The van der Waals surface area contributed by atoms with E-state index >= 15 is 0 Å². The second-order valence-corrected chi connectivity index (χ2v) is 10.8. The zero-order chi connectivity index (χ0) is 31.9. The van der Waals surface area contributed by atoms with Crippen molar-refractivity contribution < 1.29 is 29.4 Å².